The molecule has 0 radical (unpaired) electrons. The normalized spacial score (nSPS) is 10.7. The molecule has 0 amide bonds. The van der Waals surface area contributed by atoms with Gasteiger partial charge in [-0.1, -0.05) is 24.9 Å². The van der Waals surface area contributed by atoms with Crippen LogP contribution in [0, 0.1) is 0 Å². The zero-order chi connectivity index (χ0) is 12.3. The lowest BCUT2D eigenvalue weighted by atomic mass is 10.3. The molecule has 0 spiro atoms. The van der Waals surface area contributed by atoms with E-state index in [1.165, 1.54) is 0 Å². The van der Waals surface area contributed by atoms with Gasteiger partial charge in [0.05, 0.1) is 17.6 Å². The number of carbonyl (C=O) groups excluding carboxylic acids is 1. The maximum atomic E-state index is 11.6. The van der Waals surface area contributed by atoms with Crippen molar-refractivity contribution in [2.75, 3.05) is 6.61 Å². The lowest BCUT2D eigenvalue weighted by Gasteiger charge is -1.99. The fraction of sp³-hybridized carbons (Fsp3) is 0.333. The third-order valence-electron chi connectivity index (χ3n) is 2.37. The van der Waals surface area contributed by atoms with Crippen LogP contribution in [0.2, 0.25) is 5.02 Å². The predicted molar refractivity (Wildman–Crippen MR) is 66.3 cm³/mol. The lowest BCUT2D eigenvalue weighted by molar-refractivity contribution is 0.0487. The fourth-order valence-corrected chi connectivity index (χ4v) is 1.63. The van der Waals surface area contributed by atoms with Crippen molar-refractivity contribution in [3.63, 3.8) is 0 Å². The number of ether oxygens (including phenoxy) is 1. The number of unbranched alkanes of at least 4 members (excludes halogenated alkanes) is 1. The van der Waals surface area contributed by atoms with E-state index in [1.807, 2.05) is 6.92 Å². The van der Waals surface area contributed by atoms with Crippen LogP contribution in [0.25, 0.3) is 11.0 Å². The van der Waals surface area contributed by atoms with Gasteiger partial charge in [-0.2, -0.15) is 0 Å². The molecule has 0 aliphatic carbocycles. The number of fused-ring (bicyclic) bond motifs is 1. The Balaban J connectivity index is 2.15. The summed E-state index contributed by atoms with van der Waals surface area (Å²) in [6.45, 7) is 2.46. The van der Waals surface area contributed by atoms with Crippen LogP contribution >= 0.6 is 11.6 Å². The van der Waals surface area contributed by atoms with E-state index < -0.39 is 5.97 Å². The largest absolute Gasteiger partial charge is 0.460 e. The number of aromatic nitrogens is 2. The number of rotatable bonds is 4. The molecule has 4 nitrogen and oxygen atoms in total. The molecular formula is C12H13ClN2O2. The van der Waals surface area contributed by atoms with Crippen molar-refractivity contribution in [2.24, 2.45) is 0 Å². The van der Waals surface area contributed by atoms with Crippen molar-refractivity contribution >= 4 is 28.6 Å². The summed E-state index contributed by atoms with van der Waals surface area (Å²) < 4.78 is 5.06. The van der Waals surface area contributed by atoms with Crippen LogP contribution in [-0.2, 0) is 4.74 Å². The number of nitrogens with one attached hydrogen (secondary N) is 1. The van der Waals surface area contributed by atoms with Gasteiger partial charge in [-0.3, -0.25) is 0 Å². The Hall–Kier alpha value is -1.55. The molecular weight excluding hydrogens is 240 g/mol. The first-order chi connectivity index (χ1) is 8.20. The summed E-state index contributed by atoms with van der Waals surface area (Å²) in [5.74, 6) is -0.204. The van der Waals surface area contributed by atoms with Crippen molar-refractivity contribution in [3.05, 3.63) is 29.0 Å². The fourth-order valence-electron chi connectivity index (χ4n) is 1.46. The maximum Gasteiger partial charge on any atom is 0.374 e. The standard InChI is InChI=1S/C12H13ClN2O2/c1-2-3-6-17-12(16)11-14-9-5-4-8(13)7-10(9)15-11/h4-5,7H,2-3,6H2,1H3,(H,14,15). The molecule has 2 aromatic rings. The molecule has 90 valence electrons. The van der Waals surface area contributed by atoms with Crippen LogP contribution in [0.5, 0.6) is 0 Å². The van der Waals surface area contributed by atoms with Crippen molar-refractivity contribution in [1.29, 1.82) is 0 Å². The third-order valence-corrected chi connectivity index (χ3v) is 2.60. The van der Waals surface area contributed by atoms with Gasteiger partial charge in [0.1, 0.15) is 0 Å². The number of imidazole rings is 1. The molecule has 0 unspecified atom stereocenters. The minimum atomic E-state index is -0.425. The second kappa shape index (κ2) is 5.19. The highest BCUT2D eigenvalue weighted by molar-refractivity contribution is 6.31. The zero-order valence-corrected chi connectivity index (χ0v) is 10.3. The highest BCUT2D eigenvalue weighted by atomic mass is 35.5. The smallest absolute Gasteiger partial charge is 0.374 e. The first-order valence-electron chi connectivity index (χ1n) is 5.53. The van der Waals surface area contributed by atoms with Gasteiger partial charge < -0.3 is 9.72 Å². The summed E-state index contributed by atoms with van der Waals surface area (Å²) in [7, 11) is 0. The minimum absolute atomic E-state index is 0.221. The Morgan fingerprint density at radius 2 is 2.35 bits per heavy atom. The lowest BCUT2D eigenvalue weighted by Crippen LogP contribution is -2.08. The molecule has 5 heteroatoms. The number of halogens is 1. The van der Waals surface area contributed by atoms with E-state index >= 15 is 0 Å². The molecule has 0 saturated heterocycles. The zero-order valence-electron chi connectivity index (χ0n) is 9.50. The Labute approximate surface area is 104 Å². The molecule has 17 heavy (non-hydrogen) atoms. The van der Waals surface area contributed by atoms with Gasteiger partial charge in [-0.15, -0.1) is 0 Å². The molecule has 0 bridgehead atoms. The van der Waals surface area contributed by atoms with Crippen LogP contribution in [0.3, 0.4) is 0 Å². The van der Waals surface area contributed by atoms with E-state index in [1.54, 1.807) is 18.2 Å². The van der Waals surface area contributed by atoms with E-state index in [0.29, 0.717) is 17.1 Å². The molecule has 0 fully saturated rings. The van der Waals surface area contributed by atoms with Crippen molar-refractivity contribution in [1.82, 2.24) is 9.97 Å². The summed E-state index contributed by atoms with van der Waals surface area (Å²) in [6, 6.07) is 5.22. The van der Waals surface area contributed by atoms with E-state index in [0.717, 1.165) is 18.4 Å². The Morgan fingerprint density at radius 1 is 1.53 bits per heavy atom. The topological polar surface area (TPSA) is 55.0 Å². The van der Waals surface area contributed by atoms with Gasteiger partial charge in [-0.05, 0) is 24.6 Å². The van der Waals surface area contributed by atoms with Gasteiger partial charge >= 0.3 is 5.97 Å². The Morgan fingerprint density at radius 3 is 3.12 bits per heavy atom. The van der Waals surface area contributed by atoms with E-state index in [9.17, 15) is 4.79 Å². The predicted octanol–water partition coefficient (Wildman–Crippen LogP) is 3.17. The van der Waals surface area contributed by atoms with E-state index in [2.05, 4.69) is 9.97 Å². The summed E-state index contributed by atoms with van der Waals surface area (Å²) in [5, 5.41) is 0.604. The molecule has 1 heterocycles. The van der Waals surface area contributed by atoms with Crippen LogP contribution in [0.1, 0.15) is 30.4 Å². The number of hydrogen-bond acceptors (Lipinski definition) is 3. The SMILES string of the molecule is CCCCOC(=O)c1nc2ccc(Cl)cc2[nH]1. The van der Waals surface area contributed by atoms with E-state index in [-0.39, 0.29) is 5.82 Å². The minimum Gasteiger partial charge on any atom is -0.460 e. The summed E-state index contributed by atoms with van der Waals surface area (Å²) >= 11 is 5.85. The summed E-state index contributed by atoms with van der Waals surface area (Å²) in [6.07, 6.45) is 1.85. The highest BCUT2D eigenvalue weighted by Gasteiger charge is 2.12. The Kier molecular flexibility index (Phi) is 3.64. The van der Waals surface area contributed by atoms with Gasteiger partial charge in [0.15, 0.2) is 0 Å². The number of H-pyrrole nitrogens is 1. The molecule has 2 rings (SSSR count). The van der Waals surface area contributed by atoms with Gasteiger partial charge in [0, 0.05) is 5.02 Å². The third kappa shape index (κ3) is 2.77. The van der Waals surface area contributed by atoms with Gasteiger partial charge in [0.2, 0.25) is 5.82 Å². The number of esters is 1. The second-order valence-electron chi connectivity index (χ2n) is 3.74. The molecule has 0 aliphatic heterocycles. The van der Waals surface area contributed by atoms with Gasteiger partial charge in [0.25, 0.3) is 0 Å². The van der Waals surface area contributed by atoms with Crippen molar-refractivity contribution in [3.8, 4) is 0 Å². The van der Waals surface area contributed by atoms with Crippen LogP contribution < -0.4 is 0 Å². The number of hydrogen-bond donors (Lipinski definition) is 1. The molecule has 0 saturated carbocycles. The summed E-state index contributed by atoms with van der Waals surface area (Å²) in [5.41, 5.74) is 1.44. The molecule has 1 N–H and O–H groups in total. The maximum absolute atomic E-state index is 11.6. The summed E-state index contributed by atoms with van der Waals surface area (Å²) in [4.78, 5) is 18.7. The number of nitrogens with zero attached hydrogens (tertiary/aromatic N) is 1. The average Bonchev–Trinajstić information content (AvgIpc) is 2.72. The quantitative estimate of drug-likeness (QED) is 0.672. The van der Waals surface area contributed by atoms with Crippen LogP contribution in [0.15, 0.2) is 18.2 Å². The second-order valence-corrected chi connectivity index (χ2v) is 4.17. The first kappa shape index (κ1) is 11.9. The van der Waals surface area contributed by atoms with Crippen LogP contribution in [0.4, 0.5) is 0 Å². The molecule has 0 atom stereocenters. The highest BCUT2D eigenvalue weighted by Crippen LogP contribution is 2.17. The van der Waals surface area contributed by atoms with Gasteiger partial charge in [-0.25, -0.2) is 9.78 Å². The van der Waals surface area contributed by atoms with Crippen molar-refractivity contribution < 1.29 is 9.53 Å². The van der Waals surface area contributed by atoms with Crippen molar-refractivity contribution in [2.45, 2.75) is 19.8 Å². The molecule has 1 aromatic heterocycles. The first-order valence-corrected chi connectivity index (χ1v) is 5.91. The van der Waals surface area contributed by atoms with Crippen LogP contribution in [-0.4, -0.2) is 22.5 Å². The number of carbonyl (C=O) groups is 1. The number of benzene rings is 1. The molecule has 1 aromatic carbocycles. The average molecular weight is 253 g/mol. The van der Waals surface area contributed by atoms with E-state index in [4.69, 9.17) is 16.3 Å². The Bertz CT molecular complexity index is 536. The monoisotopic (exact) mass is 252 g/mol. The molecule has 0 aliphatic rings. The number of aromatic amines is 1.